The van der Waals surface area contributed by atoms with Crippen LogP contribution in [0.3, 0.4) is 0 Å². The lowest BCUT2D eigenvalue weighted by molar-refractivity contribution is 0.642. The van der Waals surface area contributed by atoms with E-state index in [9.17, 15) is 0 Å². The van der Waals surface area contributed by atoms with Crippen LogP contribution < -0.4 is 10.6 Å². The van der Waals surface area contributed by atoms with E-state index in [0.717, 1.165) is 24.7 Å². The van der Waals surface area contributed by atoms with E-state index in [0.29, 0.717) is 11.4 Å². The van der Waals surface area contributed by atoms with Crippen molar-refractivity contribution in [1.82, 2.24) is 4.98 Å². The van der Waals surface area contributed by atoms with Crippen LogP contribution in [0.1, 0.15) is 19.5 Å². The molecule has 2 N–H and O–H groups in total. The van der Waals surface area contributed by atoms with Crippen molar-refractivity contribution in [2.24, 2.45) is 0 Å². The van der Waals surface area contributed by atoms with Crippen LogP contribution in [0.4, 0.5) is 11.5 Å². The number of aromatic nitrogens is 1. The van der Waals surface area contributed by atoms with Gasteiger partial charge in [-0.3, -0.25) is 0 Å². The van der Waals surface area contributed by atoms with E-state index < -0.39 is 0 Å². The van der Waals surface area contributed by atoms with Crippen molar-refractivity contribution in [1.29, 1.82) is 5.26 Å². The maximum atomic E-state index is 8.93. The van der Waals surface area contributed by atoms with Crippen molar-refractivity contribution in [3.05, 3.63) is 17.8 Å². The normalized spacial score (nSPS) is 18.8. The van der Waals surface area contributed by atoms with Crippen LogP contribution in [0.25, 0.3) is 0 Å². The third kappa shape index (κ3) is 2.64. The summed E-state index contributed by atoms with van der Waals surface area (Å²) in [4.78, 5) is 6.53. The first kappa shape index (κ1) is 12.1. The number of hydrogen-bond donors (Lipinski definition) is 1. The van der Waals surface area contributed by atoms with Gasteiger partial charge in [-0.2, -0.15) is 17.0 Å². The maximum Gasteiger partial charge on any atom is 0.165 e. The molecule has 1 aromatic rings. The maximum absolute atomic E-state index is 8.93. The highest BCUT2D eigenvalue weighted by Crippen LogP contribution is 2.31. The van der Waals surface area contributed by atoms with Gasteiger partial charge in [-0.25, -0.2) is 4.98 Å². The molecule has 90 valence electrons. The Hall–Kier alpha value is -1.41. The largest absolute Gasteiger partial charge is 0.396 e. The minimum atomic E-state index is 0.230. The Morgan fingerprint density at radius 3 is 2.94 bits per heavy atom. The Labute approximate surface area is 106 Å². The summed E-state index contributed by atoms with van der Waals surface area (Å²) in [5, 5.41) is 8.93. The van der Waals surface area contributed by atoms with Crippen molar-refractivity contribution in [2.45, 2.75) is 18.6 Å². The molecule has 0 amide bonds. The molecule has 1 saturated heterocycles. The first-order chi connectivity index (χ1) is 8.02. The Morgan fingerprint density at radius 1 is 1.53 bits per heavy atom. The van der Waals surface area contributed by atoms with Gasteiger partial charge < -0.3 is 10.6 Å². The molecule has 1 fully saturated rings. The summed E-state index contributed by atoms with van der Waals surface area (Å²) in [6.45, 7) is 6.37. The number of nitrogen functional groups attached to an aromatic ring is 1. The molecule has 5 heteroatoms. The smallest absolute Gasteiger partial charge is 0.165 e. The molecule has 4 nitrogen and oxygen atoms in total. The second-order valence-corrected chi connectivity index (χ2v) is 6.55. The minimum absolute atomic E-state index is 0.230. The molecule has 0 radical (unpaired) electrons. The van der Waals surface area contributed by atoms with Crippen molar-refractivity contribution in [3.8, 4) is 6.07 Å². The zero-order valence-corrected chi connectivity index (χ0v) is 10.9. The van der Waals surface area contributed by atoms with Gasteiger partial charge in [-0.1, -0.05) is 0 Å². The van der Waals surface area contributed by atoms with Crippen molar-refractivity contribution < 1.29 is 0 Å². The predicted molar refractivity (Wildman–Crippen MR) is 72.1 cm³/mol. The van der Waals surface area contributed by atoms with Crippen molar-refractivity contribution >= 4 is 23.3 Å². The number of nitriles is 1. The van der Waals surface area contributed by atoms with E-state index in [-0.39, 0.29) is 4.75 Å². The van der Waals surface area contributed by atoms with Crippen LogP contribution in [0, 0.1) is 11.3 Å². The second-order valence-electron chi connectivity index (χ2n) is 4.75. The van der Waals surface area contributed by atoms with Crippen LogP contribution in [-0.2, 0) is 0 Å². The lowest BCUT2D eigenvalue weighted by Gasteiger charge is -2.38. The number of hydrogen-bond acceptors (Lipinski definition) is 5. The van der Waals surface area contributed by atoms with Gasteiger partial charge in [0.2, 0.25) is 0 Å². The third-order valence-electron chi connectivity index (χ3n) is 2.77. The number of pyridine rings is 1. The van der Waals surface area contributed by atoms with Gasteiger partial charge in [0, 0.05) is 23.6 Å². The average molecular weight is 248 g/mol. The zero-order chi connectivity index (χ0) is 12.5. The predicted octanol–water partition coefficient (Wildman–Crippen LogP) is 1.87. The molecule has 0 unspecified atom stereocenters. The lowest BCUT2D eigenvalue weighted by atomic mass is 10.2. The average Bonchev–Trinajstić information content (AvgIpc) is 2.28. The van der Waals surface area contributed by atoms with E-state index >= 15 is 0 Å². The van der Waals surface area contributed by atoms with Gasteiger partial charge in [-0.05, 0) is 26.0 Å². The topological polar surface area (TPSA) is 65.9 Å². The Bertz CT molecular complexity index is 464. The van der Waals surface area contributed by atoms with Crippen molar-refractivity contribution in [2.75, 3.05) is 29.5 Å². The molecule has 0 atom stereocenters. The number of anilines is 2. The standard InChI is InChI=1S/C12H16N4S/c1-12(2)8-16(5-6-17-12)11-4-3-9(14)10(7-13)15-11/h3-4H,5-6,8,14H2,1-2H3. The van der Waals surface area contributed by atoms with E-state index in [4.69, 9.17) is 11.0 Å². The fourth-order valence-electron chi connectivity index (χ4n) is 1.94. The first-order valence-electron chi connectivity index (χ1n) is 5.57. The molecule has 17 heavy (non-hydrogen) atoms. The fourth-order valence-corrected chi connectivity index (χ4v) is 3.05. The van der Waals surface area contributed by atoms with Gasteiger partial charge in [0.25, 0.3) is 0 Å². The third-order valence-corrected chi connectivity index (χ3v) is 4.06. The van der Waals surface area contributed by atoms with Crippen LogP contribution >= 0.6 is 11.8 Å². The van der Waals surface area contributed by atoms with E-state index in [2.05, 4.69) is 23.7 Å². The minimum Gasteiger partial charge on any atom is -0.396 e. The molecular formula is C12H16N4S. The van der Waals surface area contributed by atoms with Gasteiger partial charge >= 0.3 is 0 Å². The first-order valence-corrected chi connectivity index (χ1v) is 6.56. The van der Waals surface area contributed by atoms with E-state index in [1.54, 1.807) is 6.07 Å². The fraction of sp³-hybridized carbons (Fsp3) is 0.500. The highest BCUT2D eigenvalue weighted by molar-refractivity contribution is 8.00. The summed E-state index contributed by atoms with van der Waals surface area (Å²) in [6, 6.07) is 5.68. The summed E-state index contributed by atoms with van der Waals surface area (Å²) in [7, 11) is 0. The summed E-state index contributed by atoms with van der Waals surface area (Å²) in [6.07, 6.45) is 0. The van der Waals surface area contributed by atoms with Gasteiger partial charge in [0.1, 0.15) is 11.9 Å². The lowest BCUT2D eigenvalue weighted by Crippen LogP contribution is -2.43. The molecule has 0 saturated carbocycles. The molecule has 1 aromatic heterocycles. The second kappa shape index (κ2) is 4.46. The quantitative estimate of drug-likeness (QED) is 0.821. The van der Waals surface area contributed by atoms with Gasteiger partial charge in [0.15, 0.2) is 5.69 Å². The number of thioether (sulfide) groups is 1. The molecule has 0 aromatic carbocycles. The highest BCUT2D eigenvalue weighted by Gasteiger charge is 2.27. The summed E-state index contributed by atoms with van der Waals surface area (Å²) >= 11 is 1.97. The van der Waals surface area contributed by atoms with Crippen LogP contribution in [-0.4, -0.2) is 28.6 Å². The molecule has 2 heterocycles. The number of rotatable bonds is 1. The molecule has 0 spiro atoms. The molecule has 2 rings (SSSR count). The zero-order valence-electron chi connectivity index (χ0n) is 10.1. The molecule has 1 aliphatic heterocycles. The SMILES string of the molecule is CC1(C)CN(c2ccc(N)c(C#N)n2)CCS1. The van der Waals surface area contributed by atoms with Gasteiger partial charge in [-0.15, -0.1) is 0 Å². The van der Waals surface area contributed by atoms with Gasteiger partial charge in [0.05, 0.1) is 5.69 Å². The van der Waals surface area contributed by atoms with Crippen LogP contribution in [0.2, 0.25) is 0 Å². The molecule has 1 aliphatic rings. The Kier molecular flexibility index (Phi) is 3.16. The Morgan fingerprint density at radius 2 is 2.29 bits per heavy atom. The summed E-state index contributed by atoms with van der Waals surface area (Å²) < 4.78 is 0.230. The number of nitrogens with two attached hydrogens (primary N) is 1. The van der Waals surface area contributed by atoms with Crippen LogP contribution in [0.5, 0.6) is 0 Å². The van der Waals surface area contributed by atoms with Crippen LogP contribution in [0.15, 0.2) is 12.1 Å². The summed E-state index contributed by atoms with van der Waals surface area (Å²) in [5.74, 6) is 1.94. The molecule has 0 aliphatic carbocycles. The number of nitrogens with zero attached hydrogens (tertiary/aromatic N) is 3. The van der Waals surface area contributed by atoms with Crippen molar-refractivity contribution in [3.63, 3.8) is 0 Å². The Balaban J connectivity index is 2.26. The van der Waals surface area contributed by atoms with E-state index in [1.165, 1.54) is 0 Å². The van der Waals surface area contributed by atoms with E-state index in [1.807, 2.05) is 23.9 Å². The molecular weight excluding hydrogens is 232 g/mol. The molecule has 0 bridgehead atoms. The monoisotopic (exact) mass is 248 g/mol. The highest BCUT2D eigenvalue weighted by atomic mass is 32.2. The summed E-state index contributed by atoms with van der Waals surface area (Å²) in [5.41, 5.74) is 6.44.